The third-order valence-corrected chi connectivity index (χ3v) is 7.29. The highest BCUT2D eigenvalue weighted by molar-refractivity contribution is 6.07. The van der Waals surface area contributed by atoms with E-state index in [1.807, 2.05) is 36.4 Å². The first kappa shape index (κ1) is 21.9. The Kier molecular flexibility index (Phi) is 5.35. The molecule has 2 aliphatic rings. The number of benzene rings is 3. The topological polar surface area (TPSA) is 67.1 Å². The zero-order valence-electron chi connectivity index (χ0n) is 19.7. The highest BCUT2D eigenvalue weighted by atomic mass is 16.5. The van der Waals surface area contributed by atoms with Gasteiger partial charge in [0, 0.05) is 43.8 Å². The predicted molar refractivity (Wildman–Crippen MR) is 130 cm³/mol. The second-order valence-electron chi connectivity index (χ2n) is 9.20. The molecule has 0 amide bonds. The molecular weight excluding hydrogens is 444 g/mol. The number of ether oxygens (including phenoxy) is 4. The number of fused-ring (bicyclic) bond motifs is 2. The van der Waals surface area contributed by atoms with Crippen LogP contribution in [0.1, 0.15) is 39.9 Å². The van der Waals surface area contributed by atoms with E-state index in [9.17, 15) is 4.79 Å². The molecule has 1 aliphatic carbocycles. The molecule has 1 saturated carbocycles. The summed E-state index contributed by atoms with van der Waals surface area (Å²) in [6.07, 6.45) is 5.26. The summed E-state index contributed by atoms with van der Waals surface area (Å²) in [5.74, 6) is 0.436. The third-order valence-electron chi connectivity index (χ3n) is 7.29. The quantitative estimate of drug-likeness (QED) is 0.309. The molecular formula is C29H26O6. The van der Waals surface area contributed by atoms with Crippen LogP contribution < -0.4 is 4.74 Å². The Hall–Kier alpha value is -3.61. The molecule has 2 heterocycles. The first-order valence-corrected chi connectivity index (χ1v) is 11.7. The Bertz CT molecular complexity index is 1400. The van der Waals surface area contributed by atoms with E-state index >= 15 is 0 Å². The van der Waals surface area contributed by atoms with E-state index in [4.69, 9.17) is 23.4 Å². The van der Waals surface area contributed by atoms with Crippen LogP contribution in [-0.4, -0.2) is 26.3 Å². The lowest BCUT2D eigenvalue weighted by Crippen LogP contribution is -2.47. The first-order chi connectivity index (χ1) is 17.1. The molecule has 1 aromatic heterocycles. The van der Waals surface area contributed by atoms with Gasteiger partial charge in [0.05, 0.1) is 29.8 Å². The van der Waals surface area contributed by atoms with Crippen molar-refractivity contribution in [3.8, 4) is 16.9 Å². The van der Waals surface area contributed by atoms with Gasteiger partial charge in [-0.25, -0.2) is 4.79 Å². The van der Waals surface area contributed by atoms with Gasteiger partial charge < -0.3 is 23.4 Å². The Morgan fingerprint density at radius 2 is 1.94 bits per heavy atom. The van der Waals surface area contributed by atoms with Gasteiger partial charge in [-0.05, 0) is 52.2 Å². The van der Waals surface area contributed by atoms with Crippen LogP contribution in [0.25, 0.3) is 21.9 Å². The summed E-state index contributed by atoms with van der Waals surface area (Å²) in [5.41, 5.74) is 5.30. The van der Waals surface area contributed by atoms with Crippen LogP contribution in [0.15, 0.2) is 71.5 Å². The fourth-order valence-corrected chi connectivity index (χ4v) is 5.28. The van der Waals surface area contributed by atoms with Gasteiger partial charge in [-0.15, -0.1) is 0 Å². The van der Waals surface area contributed by atoms with Crippen molar-refractivity contribution in [3.63, 3.8) is 0 Å². The molecule has 0 radical (unpaired) electrons. The van der Waals surface area contributed by atoms with Gasteiger partial charge in [0.1, 0.15) is 19.0 Å². The molecule has 0 saturated heterocycles. The molecule has 0 atom stereocenters. The van der Waals surface area contributed by atoms with Gasteiger partial charge in [-0.3, -0.25) is 0 Å². The van der Waals surface area contributed by atoms with Crippen molar-refractivity contribution in [1.82, 2.24) is 0 Å². The van der Waals surface area contributed by atoms with Gasteiger partial charge in [0.2, 0.25) is 0 Å². The molecule has 35 heavy (non-hydrogen) atoms. The number of hydrogen-bond donors (Lipinski definition) is 0. The Morgan fingerprint density at radius 1 is 1.06 bits per heavy atom. The number of methoxy groups -OCH3 is 2. The summed E-state index contributed by atoms with van der Waals surface area (Å²) in [6.45, 7) is 0.696. The standard InChI is InChI=1S/C29H26O6/c1-31-23-13-29(14-23,32-2)21-5-3-4-18(10-21)15-34-22-6-7-24-20(11-22)12-25-26(17-35-28(25)30)27(24)19-8-9-33-16-19/h3-12,16,23H,13-15,17H2,1-2H3/t23-,29+. The van der Waals surface area contributed by atoms with Crippen molar-refractivity contribution >= 4 is 16.7 Å². The van der Waals surface area contributed by atoms with E-state index in [2.05, 4.69) is 18.2 Å². The number of esters is 1. The van der Waals surface area contributed by atoms with Crippen LogP contribution in [0, 0.1) is 0 Å². The zero-order valence-corrected chi connectivity index (χ0v) is 19.7. The van der Waals surface area contributed by atoms with E-state index in [1.54, 1.807) is 26.7 Å². The molecule has 3 aromatic carbocycles. The molecule has 0 unspecified atom stereocenters. The first-order valence-electron chi connectivity index (χ1n) is 11.7. The zero-order chi connectivity index (χ0) is 24.0. The number of carbonyl (C=O) groups excluding carboxylic acids is 1. The molecule has 1 fully saturated rings. The lowest BCUT2D eigenvalue weighted by molar-refractivity contribution is -0.154. The normalized spacial score (nSPS) is 21.0. The summed E-state index contributed by atoms with van der Waals surface area (Å²) >= 11 is 0. The minimum atomic E-state index is -0.298. The van der Waals surface area contributed by atoms with E-state index in [0.29, 0.717) is 12.2 Å². The van der Waals surface area contributed by atoms with Crippen LogP contribution in [-0.2, 0) is 33.0 Å². The SMILES string of the molecule is CO[C@H]1C[C@](OC)(c2cccc(COc3ccc4c(-c5ccoc5)c5c(cc4c3)C(=O)OC5)c2)C1. The number of carbonyl (C=O) groups is 1. The Labute approximate surface area is 203 Å². The predicted octanol–water partition coefficient (Wildman–Crippen LogP) is 6.00. The van der Waals surface area contributed by atoms with Gasteiger partial charge in [-0.2, -0.15) is 0 Å². The van der Waals surface area contributed by atoms with Crippen LogP contribution in [0.4, 0.5) is 0 Å². The van der Waals surface area contributed by atoms with Gasteiger partial charge in [0.15, 0.2) is 0 Å². The minimum Gasteiger partial charge on any atom is -0.489 e. The molecule has 178 valence electrons. The second kappa shape index (κ2) is 8.56. The second-order valence-corrected chi connectivity index (χ2v) is 9.20. The lowest BCUT2D eigenvalue weighted by Gasteiger charge is -2.46. The van der Waals surface area contributed by atoms with E-state index in [0.717, 1.165) is 57.2 Å². The molecule has 0 bridgehead atoms. The highest BCUT2D eigenvalue weighted by Crippen LogP contribution is 2.46. The number of rotatable bonds is 7. The highest BCUT2D eigenvalue weighted by Gasteiger charge is 2.46. The average molecular weight is 471 g/mol. The fourth-order valence-electron chi connectivity index (χ4n) is 5.28. The average Bonchev–Trinajstić information content (AvgIpc) is 3.52. The minimum absolute atomic E-state index is 0.234. The number of hydrogen-bond acceptors (Lipinski definition) is 6. The van der Waals surface area contributed by atoms with E-state index < -0.39 is 0 Å². The van der Waals surface area contributed by atoms with Crippen molar-refractivity contribution in [1.29, 1.82) is 0 Å². The van der Waals surface area contributed by atoms with Crippen LogP contribution in [0.2, 0.25) is 0 Å². The molecule has 1 aliphatic heterocycles. The summed E-state index contributed by atoms with van der Waals surface area (Å²) in [4.78, 5) is 12.3. The maximum absolute atomic E-state index is 12.3. The van der Waals surface area contributed by atoms with E-state index in [1.165, 1.54) is 0 Å². The molecule has 0 N–H and O–H groups in total. The molecule has 0 spiro atoms. The van der Waals surface area contributed by atoms with Crippen molar-refractivity contribution in [2.24, 2.45) is 0 Å². The molecule has 6 nitrogen and oxygen atoms in total. The van der Waals surface area contributed by atoms with Crippen molar-refractivity contribution in [2.45, 2.75) is 37.8 Å². The van der Waals surface area contributed by atoms with Crippen LogP contribution in [0.3, 0.4) is 0 Å². The number of cyclic esters (lactones) is 1. The maximum atomic E-state index is 12.3. The van der Waals surface area contributed by atoms with Crippen LogP contribution >= 0.6 is 0 Å². The Morgan fingerprint density at radius 3 is 2.71 bits per heavy atom. The summed E-state index contributed by atoms with van der Waals surface area (Å²) < 4.78 is 28.2. The summed E-state index contributed by atoms with van der Waals surface area (Å²) in [7, 11) is 3.50. The van der Waals surface area contributed by atoms with Crippen molar-refractivity contribution in [2.75, 3.05) is 14.2 Å². The summed E-state index contributed by atoms with van der Waals surface area (Å²) in [6, 6.07) is 18.1. The Balaban J connectivity index is 1.28. The smallest absolute Gasteiger partial charge is 0.338 e. The van der Waals surface area contributed by atoms with Gasteiger partial charge >= 0.3 is 5.97 Å². The molecule has 6 rings (SSSR count). The van der Waals surface area contributed by atoms with Gasteiger partial charge in [-0.1, -0.05) is 24.3 Å². The maximum Gasteiger partial charge on any atom is 0.338 e. The molecule has 6 heteroatoms. The summed E-state index contributed by atoms with van der Waals surface area (Å²) in [5, 5.41) is 1.95. The molecule has 4 aromatic rings. The monoisotopic (exact) mass is 470 g/mol. The number of furan rings is 1. The fraction of sp³-hybridized carbons (Fsp3) is 0.276. The van der Waals surface area contributed by atoms with E-state index in [-0.39, 0.29) is 24.3 Å². The van der Waals surface area contributed by atoms with Gasteiger partial charge in [0.25, 0.3) is 0 Å². The lowest BCUT2D eigenvalue weighted by atomic mass is 9.72. The van der Waals surface area contributed by atoms with Crippen molar-refractivity contribution in [3.05, 3.63) is 89.4 Å². The van der Waals surface area contributed by atoms with Crippen molar-refractivity contribution < 1.29 is 28.2 Å². The van der Waals surface area contributed by atoms with Crippen LogP contribution in [0.5, 0.6) is 5.75 Å². The largest absolute Gasteiger partial charge is 0.489 e. The third kappa shape index (κ3) is 3.70.